The molecule has 0 saturated carbocycles. The smallest absolute Gasteiger partial charge is 0.160 e. The van der Waals surface area contributed by atoms with Crippen molar-refractivity contribution < 1.29 is 0 Å². The lowest BCUT2D eigenvalue weighted by Gasteiger charge is -2.20. The number of aromatic nitrogens is 2. The molecule has 1 heterocycles. The summed E-state index contributed by atoms with van der Waals surface area (Å²) in [5.41, 5.74) is 7.48. The van der Waals surface area contributed by atoms with E-state index in [2.05, 4.69) is 164 Å². The number of rotatable bonds is 4. The molecule has 0 spiro atoms. The van der Waals surface area contributed by atoms with Crippen molar-refractivity contribution in [3.05, 3.63) is 170 Å². The molecule has 0 amide bonds. The summed E-state index contributed by atoms with van der Waals surface area (Å²) in [6.07, 6.45) is 0. The van der Waals surface area contributed by atoms with Crippen LogP contribution in [0.25, 0.3) is 88.1 Å². The van der Waals surface area contributed by atoms with Gasteiger partial charge in [0.15, 0.2) is 5.82 Å². The van der Waals surface area contributed by atoms with Gasteiger partial charge >= 0.3 is 0 Å². The van der Waals surface area contributed by atoms with E-state index >= 15 is 0 Å². The van der Waals surface area contributed by atoms with Gasteiger partial charge in [-0.15, -0.1) is 0 Å². The molecule has 8 aromatic carbocycles. The van der Waals surface area contributed by atoms with Crippen molar-refractivity contribution in [3.63, 3.8) is 0 Å². The van der Waals surface area contributed by atoms with Gasteiger partial charge < -0.3 is 0 Å². The molecule has 2 nitrogen and oxygen atoms in total. The minimum Gasteiger partial charge on any atom is -0.228 e. The third-order valence-corrected chi connectivity index (χ3v) is 9.06. The molecule has 0 aliphatic heterocycles. The topological polar surface area (TPSA) is 25.8 Å². The van der Waals surface area contributed by atoms with Crippen molar-refractivity contribution in [3.8, 4) is 45.0 Å². The maximum atomic E-state index is 5.38. The Morgan fingerprint density at radius 1 is 0.326 bits per heavy atom. The second-order valence-electron chi connectivity index (χ2n) is 11.7. The monoisotopic (exact) mass is 584 g/mol. The zero-order valence-corrected chi connectivity index (χ0v) is 25.1. The summed E-state index contributed by atoms with van der Waals surface area (Å²) in [6.45, 7) is 0. The predicted molar refractivity (Wildman–Crippen MR) is 194 cm³/mol. The third-order valence-electron chi connectivity index (χ3n) is 9.06. The van der Waals surface area contributed by atoms with E-state index in [9.17, 15) is 0 Å². The summed E-state index contributed by atoms with van der Waals surface area (Å²) in [7, 11) is 0. The van der Waals surface area contributed by atoms with E-state index in [-0.39, 0.29) is 0 Å². The van der Waals surface area contributed by atoms with E-state index in [0.29, 0.717) is 5.82 Å². The number of benzene rings is 8. The van der Waals surface area contributed by atoms with Crippen molar-refractivity contribution in [1.29, 1.82) is 0 Å². The molecule has 0 N–H and O–H groups in total. The molecule has 0 bridgehead atoms. The molecule has 0 aliphatic rings. The Bertz CT molecular complexity index is 2560. The average molecular weight is 585 g/mol. The molecule has 2 heteroatoms. The van der Waals surface area contributed by atoms with Gasteiger partial charge in [0.2, 0.25) is 0 Å². The first-order valence-electron chi connectivity index (χ1n) is 15.7. The SMILES string of the molecule is c1ccc(-c2nc(-c3cccc4ccccc34)cc(-c3c4ccccc4c(-c4ccccc4)c4ccc5ccccc5c34)n2)cc1. The standard InChI is InChI=1S/C44H28N2/c1-3-16-31(17-4-1)41-36-23-11-12-24-37(36)43(42-34-22-10-8-15-30(34)26-27-38(41)42)40-28-39(45-44(46-40)32-18-5-2-6-19-32)35-25-13-20-29-14-7-9-21-33(29)35/h1-28H. The lowest BCUT2D eigenvalue weighted by atomic mass is 9.85. The quantitative estimate of drug-likeness (QED) is 0.152. The molecule has 0 fully saturated rings. The number of fused-ring (bicyclic) bond motifs is 5. The molecule has 0 aliphatic carbocycles. The third kappa shape index (κ3) is 4.27. The van der Waals surface area contributed by atoms with Gasteiger partial charge in [0.1, 0.15) is 0 Å². The van der Waals surface area contributed by atoms with Crippen molar-refractivity contribution in [2.24, 2.45) is 0 Å². The lowest BCUT2D eigenvalue weighted by Crippen LogP contribution is -1.98. The van der Waals surface area contributed by atoms with Gasteiger partial charge in [-0.25, -0.2) is 9.97 Å². The van der Waals surface area contributed by atoms with Gasteiger partial charge in [-0.2, -0.15) is 0 Å². The second kappa shape index (κ2) is 10.8. The number of hydrogen-bond acceptors (Lipinski definition) is 2. The summed E-state index contributed by atoms with van der Waals surface area (Å²) < 4.78 is 0. The fraction of sp³-hybridized carbons (Fsp3) is 0. The maximum Gasteiger partial charge on any atom is 0.160 e. The zero-order chi connectivity index (χ0) is 30.5. The molecule has 0 radical (unpaired) electrons. The molecular weight excluding hydrogens is 556 g/mol. The van der Waals surface area contributed by atoms with Crippen molar-refractivity contribution in [2.75, 3.05) is 0 Å². The fourth-order valence-corrected chi connectivity index (χ4v) is 7.01. The molecule has 214 valence electrons. The number of hydrogen-bond donors (Lipinski definition) is 0. The molecule has 46 heavy (non-hydrogen) atoms. The van der Waals surface area contributed by atoms with Gasteiger partial charge in [0.05, 0.1) is 11.4 Å². The normalized spacial score (nSPS) is 11.5. The van der Waals surface area contributed by atoms with Crippen molar-refractivity contribution in [2.45, 2.75) is 0 Å². The molecule has 0 unspecified atom stereocenters. The van der Waals surface area contributed by atoms with Crippen LogP contribution in [0, 0.1) is 0 Å². The summed E-state index contributed by atoms with van der Waals surface area (Å²) >= 11 is 0. The summed E-state index contributed by atoms with van der Waals surface area (Å²) in [5, 5.41) is 9.58. The van der Waals surface area contributed by atoms with Crippen LogP contribution in [0.5, 0.6) is 0 Å². The maximum absolute atomic E-state index is 5.38. The van der Waals surface area contributed by atoms with Crippen LogP contribution in [0.15, 0.2) is 170 Å². The van der Waals surface area contributed by atoms with E-state index in [0.717, 1.165) is 28.1 Å². The first-order chi connectivity index (χ1) is 22.8. The van der Waals surface area contributed by atoms with E-state index < -0.39 is 0 Å². The Hall–Kier alpha value is -6.12. The van der Waals surface area contributed by atoms with Crippen LogP contribution in [-0.4, -0.2) is 9.97 Å². The van der Waals surface area contributed by atoms with Crippen LogP contribution in [-0.2, 0) is 0 Å². The van der Waals surface area contributed by atoms with Gasteiger partial charge in [0.25, 0.3) is 0 Å². The summed E-state index contributed by atoms with van der Waals surface area (Å²) in [5.74, 6) is 0.714. The Morgan fingerprint density at radius 3 is 1.61 bits per heavy atom. The van der Waals surface area contributed by atoms with E-state index in [1.54, 1.807) is 0 Å². The minimum absolute atomic E-state index is 0.714. The Morgan fingerprint density at radius 2 is 0.870 bits per heavy atom. The largest absolute Gasteiger partial charge is 0.228 e. The van der Waals surface area contributed by atoms with Crippen molar-refractivity contribution >= 4 is 43.1 Å². The zero-order valence-electron chi connectivity index (χ0n) is 25.1. The molecule has 9 rings (SSSR count). The number of nitrogens with zero attached hydrogens (tertiary/aromatic N) is 2. The second-order valence-corrected chi connectivity index (χ2v) is 11.7. The molecule has 0 saturated heterocycles. The lowest BCUT2D eigenvalue weighted by molar-refractivity contribution is 1.19. The van der Waals surface area contributed by atoms with Crippen LogP contribution < -0.4 is 0 Å². The van der Waals surface area contributed by atoms with Crippen LogP contribution in [0.3, 0.4) is 0 Å². The summed E-state index contributed by atoms with van der Waals surface area (Å²) in [4.78, 5) is 10.6. The van der Waals surface area contributed by atoms with E-state index in [4.69, 9.17) is 9.97 Å². The fourth-order valence-electron chi connectivity index (χ4n) is 7.01. The first-order valence-corrected chi connectivity index (χ1v) is 15.7. The van der Waals surface area contributed by atoms with Crippen LogP contribution in [0.4, 0.5) is 0 Å². The predicted octanol–water partition coefficient (Wildman–Crippen LogP) is 11.8. The van der Waals surface area contributed by atoms with Gasteiger partial charge in [-0.1, -0.05) is 164 Å². The Labute approximate surface area is 267 Å². The van der Waals surface area contributed by atoms with Crippen LogP contribution in [0.2, 0.25) is 0 Å². The highest BCUT2D eigenvalue weighted by atomic mass is 14.9. The molecule has 9 aromatic rings. The highest BCUT2D eigenvalue weighted by Gasteiger charge is 2.21. The van der Waals surface area contributed by atoms with Gasteiger partial charge in [-0.05, 0) is 54.9 Å². The first kappa shape index (κ1) is 26.3. The van der Waals surface area contributed by atoms with Crippen LogP contribution in [0.1, 0.15) is 0 Å². The molecule has 0 atom stereocenters. The van der Waals surface area contributed by atoms with Gasteiger partial charge in [-0.3, -0.25) is 0 Å². The van der Waals surface area contributed by atoms with Crippen LogP contribution >= 0.6 is 0 Å². The Kier molecular flexibility index (Phi) is 6.17. The Balaban J connectivity index is 1.46. The molecule has 1 aromatic heterocycles. The average Bonchev–Trinajstić information content (AvgIpc) is 3.14. The van der Waals surface area contributed by atoms with Gasteiger partial charge in [0, 0.05) is 22.1 Å². The minimum atomic E-state index is 0.714. The van der Waals surface area contributed by atoms with E-state index in [1.165, 1.54) is 54.2 Å². The summed E-state index contributed by atoms with van der Waals surface area (Å²) in [6, 6.07) is 60.3. The highest BCUT2D eigenvalue weighted by molar-refractivity contribution is 6.27. The van der Waals surface area contributed by atoms with E-state index in [1.807, 2.05) is 6.07 Å². The van der Waals surface area contributed by atoms with Crippen molar-refractivity contribution in [1.82, 2.24) is 9.97 Å². The molecular formula is C44H28N2. The highest BCUT2D eigenvalue weighted by Crippen LogP contribution is 2.46.